The molecular weight excluding hydrogens is 228 g/mol. The minimum Gasteiger partial charge on any atom is -0.228 e. The number of rotatable bonds is 3. The first-order chi connectivity index (χ1) is 5.90. The average molecular weight is 232 g/mol. The Labute approximate surface area is 72.6 Å². The molecule has 9 heteroatoms. The molecule has 0 aromatic rings. The maximum Gasteiger partial charge on any atom is 0.527 e. The summed E-state index contributed by atoms with van der Waals surface area (Å²) in [5.41, 5.74) is -4.71. The van der Waals surface area contributed by atoms with E-state index in [9.17, 15) is 35.1 Å². The molecule has 0 saturated heterocycles. The molecule has 0 radical (unpaired) electrons. The Morgan fingerprint density at radius 1 is 0.929 bits per heavy atom. The van der Waals surface area contributed by atoms with E-state index >= 15 is 0 Å². The molecule has 86 valence electrons. The van der Waals surface area contributed by atoms with Gasteiger partial charge in [0.15, 0.2) is 0 Å². The maximum atomic E-state index is 12.4. The molecule has 0 N–H and O–H groups in total. The highest BCUT2D eigenvalue weighted by atomic mass is 19.4. The molecule has 0 spiro atoms. The summed E-state index contributed by atoms with van der Waals surface area (Å²) >= 11 is 0. The lowest BCUT2D eigenvalue weighted by molar-refractivity contribution is -0.456. The molecular formula is C5H4F8O. The molecule has 14 heavy (non-hydrogen) atoms. The molecule has 1 unspecified atom stereocenters. The predicted molar refractivity (Wildman–Crippen MR) is 27.6 cm³/mol. The van der Waals surface area contributed by atoms with Gasteiger partial charge in [0, 0.05) is 0 Å². The third-order valence-electron chi connectivity index (χ3n) is 1.22. The topological polar surface area (TPSA) is 9.23 Å². The Morgan fingerprint density at radius 2 is 1.29 bits per heavy atom. The highest BCUT2D eigenvalue weighted by Crippen LogP contribution is 2.41. The van der Waals surface area contributed by atoms with Gasteiger partial charge in [-0.25, -0.2) is 17.9 Å². The van der Waals surface area contributed by atoms with Gasteiger partial charge in [-0.15, -0.1) is 13.2 Å². The maximum absolute atomic E-state index is 12.4. The molecule has 0 aliphatic heterocycles. The fraction of sp³-hybridized carbons (Fsp3) is 1.00. The number of hydrogen-bond donors (Lipinski definition) is 0. The van der Waals surface area contributed by atoms with Gasteiger partial charge in [0.1, 0.15) is 0 Å². The van der Waals surface area contributed by atoms with E-state index in [1.807, 2.05) is 4.74 Å². The van der Waals surface area contributed by atoms with Crippen LogP contribution < -0.4 is 0 Å². The van der Waals surface area contributed by atoms with Crippen LogP contribution in [0.4, 0.5) is 35.1 Å². The van der Waals surface area contributed by atoms with Crippen molar-refractivity contribution in [2.24, 2.45) is 0 Å². The van der Waals surface area contributed by atoms with Gasteiger partial charge < -0.3 is 0 Å². The van der Waals surface area contributed by atoms with Crippen molar-refractivity contribution in [2.45, 2.75) is 31.5 Å². The number of ether oxygens (including phenoxy) is 1. The number of halogens is 8. The molecule has 0 fully saturated rings. The summed E-state index contributed by atoms with van der Waals surface area (Å²) in [4.78, 5) is 0. The first-order valence-corrected chi connectivity index (χ1v) is 3.02. The van der Waals surface area contributed by atoms with Crippen molar-refractivity contribution in [3.63, 3.8) is 0 Å². The first-order valence-electron chi connectivity index (χ1n) is 3.02. The van der Waals surface area contributed by atoms with Gasteiger partial charge >= 0.3 is 12.5 Å². The second-order valence-corrected chi connectivity index (χ2v) is 2.44. The molecule has 0 amide bonds. The molecule has 0 aliphatic rings. The largest absolute Gasteiger partial charge is 0.527 e. The van der Waals surface area contributed by atoms with E-state index in [1.165, 1.54) is 0 Å². The molecule has 0 aromatic heterocycles. The average Bonchev–Trinajstić information content (AvgIpc) is 1.80. The van der Waals surface area contributed by atoms with E-state index in [1.54, 1.807) is 0 Å². The molecule has 1 atom stereocenters. The van der Waals surface area contributed by atoms with Crippen LogP contribution in [-0.2, 0) is 4.74 Å². The van der Waals surface area contributed by atoms with Crippen LogP contribution >= 0.6 is 0 Å². The zero-order valence-corrected chi connectivity index (χ0v) is 6.51. The molecule has 0 bridgehead atoms. The zero-order valence-electron chi connectivity index (χ0n) is 6.51. The van der Waals surface area contributed by atoms with E-state index in [0.717, 1.165) is 0 Å². The van der Waals surface area contributed by atoms with Crippen molar-refractivity contribution in [3.8, 4) is 0 Å². The van der Waals surface area contributed by atoms with Crippen molar-refractivity contribution in [1.29, 1.82) is 0 Å². The van der Waals surface area contributed by atoms with Crippen LogP contribution in [0.5, 0.6) is 0 Å². The smallest absolute Gasteiger partial charge is 0.228 e. The Morgan fingerprint density at radius 3 is 1.50 bits per heavy atom. The van der Waals surface area contributed by atoms with Crippen LogP contribution in [0.25, 0.3) is 0 Å². The van der Waals surface area contributed by atoms with Crippen molar-refractivity contribution in [2.75, 3.05) is 0 Å². The van der Waals surface area contributed by atoms with Crippen molar-refractivity contribution in [1.82, 2.24) is 0 Å². The van der Waals surface area contributed by atoms with Gasteiger partial charge in [-0.2, -0.15) is 8.78 Å². The lowest BCUT2D eigenvalue weighted by Gasteiger charge is -2.29. The van der Waals surface area contributed by atoms with Gasteiger partial charge in [-0.1, -0.05) is 0 Å². The lowest BCUT2D eigenvalue weighted by atomic mass is 10.1. The standard InChI is InChI=1S/C5H4F8O/c1-3(8,2(6)7)4(9,10)14-5(11,12)13/h2H,1H3. The van der Waals surface area contributed by atoms with E-state index in [4.69, 9.17) is 0 Å². The lowest BCUT2D eigenvalue weighted by Crippen LogP contribution is -2.51. The van der Waals surface area contributed by atoms with Crippen LogP contribution in [0.3, 0.4) is 0 Å². The molecule has 0 saturated carbocycles. The number of alkyl halides is 8. The van der Waals surface area contributed by atoms with E-state index in [2.05, 4.69) is 0 Å². The normalized spacial score (nSPS) is 18.4. The summed E-state index contributed by atoms with van der Waals surface area (Å²) < 4.78 is 95.5. The second-order valence-electron chi connectivity index (χ2n) is 2.44. The van der Waals surface area contributed by atoms with Gasteiger partial charge in [-0.05, 0) is 6.92 Å². The van der Waals surface area contributed by atoms with E-state index in [0.29, 0.717) is 0 Å². The van der Waals surface area contributed by atoms with Crippen molar-refractivity contribution >= 4 is 0 Å². The predicted octanol–water partition coefficient (Wildman–Crippen LogP) is 3.11. The summed E-state index contributed by atoms with van der Waals surface area (Å²) in [7, 11) is 0. The van der Waals surface area contributed by atoms with E-state index in [-0.39, 0.29) is 6.92 Å². The first kappa shape index (κ1) is 13.4. The highest BCUT2D eigenvalue weighted by molar-refractivity contribution is 4.86. The molecule has 0 aliphatic carbocycles. The second kappa shape index (κ2) is 3.52. The summed E-state index contributed by atoms with van der Waals surface area (Å²) in [6, 6.07) is 0. The van der Waals surface area contributed by atoms with Gasteiger partial charge in [0.2, 0.25) is 0 Å². The Hall–Kier alpha value is -0.600. The summed E-state index contributed by atoms with van der Waals surface area (Å²) in [6.45, 7) is -0.386. The van der Waals surface area contributed by atoms with Gasteiger partial charge in [0.05, 0.1) is 0 Å². The third-order valence-corrected chi connectivity index (χ3v) is 1.22. The zero-order chi connectivity index (χ0) is 11.8. The Kier molecular flexibility index (Phi) is 3.37. The minimum atomic E-state index is -5.90. The summed E-state index contributed by atoms with van der Waals surface area (Å²) in [5, 5.41) is 0. The SMILES string of the molecule is CC(F)(C(F)F)C(F)(F)OC(F)(F)F. The van der Waals surface area contributed by atoms with Crippen LogP contribution in [0, 0.1) is 0 Å². The molecule has 0 aromatic carbocycles. The highest BCUT2D eigenvalue weighted by Gasteiger charge is 2.63. The van der Waals surface area contributed by atoms with E-state index < -0.39 is 24.6 Å². The van der Waals surface area contributed by atoms with Crippen LogP contribution in [-0.4, -0.2) is 24.6 Å². The van der Waals surface area contributed by atoms with Crippen LogP contribution in [0.1, 0.15) is 6.92 Å². The Bertz CT molecular complexity index is 194. The fourth-order valence-corrected chi connectivity index (χ4v) is 0.372. The Balaban J connectivity index is 4.78. The van der Waals surface area contributed by atoms with Crippen LogP contribution in [0.15, 0.2) is 0 Å². The van der Waals surface area contributed by atoms with Gasteiger partial charge in [-0.3, -0.25) is 0 Å². The number of hydrogen-bond acceptors (Lipinski definition) is 1. The fourth-order valence-electron chi connectivity index (χ4n) is 0.372. The van der Waals surface area contributed by atoms with Gasteiger partial charge in [0.25, 0.3) is 12.1 Å². The summed E-state index contributed by atoms with van der Waals surface area (Å²) in [6.07, 6.45) is -15.8. The molecule has 1 nitrogen and oxygen atoms in total. The van der Waals surface area contributed by atoms with Crippen molar-refractivity contribution in [3.05, 3.63) is 0 Å². The molecule has 0 heterocycles. The molecule has 0 rings (SSSR count). The summed E-state index contributed by atoms with van der Waals surface area (Å²) in [5.74, 6) is 0. The minimum absolute atomic E-state index is 0.386. The quantitative estimate of drug-likeness (QED) is 0.679. The van der Waals surface area contributed by atoms with Crippen LogP contribution in [0.2, 0.25) is 0 Å². The third kappa shape index (κ3) is 2.96. The van der Waals surface area contributed by atoms with Crippen molar-refractivity contribution < 1.29 is 39.9 Å². The monoisotopic (exact) mass is 232 g/mol.